The first-order valence-electron chi connectivity index (χ1n) is 16.0. The van der Waals surface area contributed by atoms with Crippen molar-refractivity contribution in [1.29, 1.82) is 0 Å². The Balaban J connectivity index is 0. The normalized spacial score (nSPS) is 10.9. The minimum atomic E-state index is 0.123. The quantitative estimate of drug-likeness (QED) is 0.0994. The second-order valence-corrected chi connectivity index (χ2v) is 10.6. The van der Waals surface area contributed by atoms with Crippen LogP contribution in [0.3, 0.4) is 0 Å². The van der Waals surface area contributed by atoms with E-state index in [1.165, 1.54) is 154 Å². The van der Waals surface area contributed by atoms with Crippen molar-refractivity contribution < 1.29 is 10.2 Å². The minimum absolute atomic E-state index is 0.123. The maximum absolute atomic E-state index is 10.2. The minimum Gasteiger partial charge on any atom is -0.237 e. The van der Waals surface area contributed by atoms with Crippen molar-refractivity contribution in [2.24, 2.45) is 0 Å². The van der Waals surface area contributed by atoms with E-state index in [0.717, 1.165) is 25.7 Å². The molecule has 2 nitrogen and oxygen atoms in total. The highest BCUT2D eigenvalue weighted by molar-refractivity contribution is 4.50. The lowest BCUT2D eigenvalue weighted by Gasteiger charge is -2.02. The summed E-state index contributed by atoms with van der Waals surface area (Å²) >= 11 is 0. The lowest BCUT2D eigenvalue weighted by Crippen LogP contribution is -1.84. The maximum atomic E-state index is 10.2. The van der Waals surface area contributed by atoms with Gasteiger partial charge in [-0.1, -0.05) is 181 Å². The molecule has 0 spiro atoms. The SMILES string of the molecule is CCCCCCCCCCCCCCCC[O].CCCCCCCCCCCCCCCC[O]. The standard InChI is InChI=1S/2C16H33O/c2*1-2-3-4-5-6-7-8-9-10-11-12-13-14-15-16-17/h2*2-16H2,1H3. The second kappa shape index (κ2) is 37.5. The molecule has 0 aromatic rings. The van der Waals surface area contributed by atoms with Crippen LogP contribution in [0.2, 0.25) is 0 Å². The van der Waals surface area contributed by atoms with Crippen LogP contribution in [-0.2, 0) is 10.2 Å². The highest BCUT2D eigenvalue weighted by Gasteiger charge is 1.95. The van der Waals surface area contributed by atoms with Gasteiger partial charge >= 0.3 is 0 Å². The van der Waals surface area contributed by atoms with Crippen LogP contribution in [0.5, 0.6) is 0 Å². The van der Waals surface area contributed by atoms with E-state index < -0.39 is 0 Å². The van der Waals surface area contributed by atoms with E-state index in [2.05, 4.69) is 13.8 Å². The average Bonchev–Trinajstić information content (AvgIpc) is 2.85. The first-order chi connectivity index (χ1) is 16.8. The molecule has 0 saturated heterocycles. The van der Waals surface area contributed by atoms with Gasteiger partial charge in [0.05, 0.1) is 13.2 Å². The molecule has 0 N–H and O–H groups in total. The summed E-state index contributed by atoms with van der Waals surface area (Å²) in [6, 6.07) is 0. The highest BCUT2D eigenvalue weighted by Crippen LogP contribution is 2.14. The molecule has 2 radical (unpaired) electrons. The molecule has 0 aliphatic heterocycles. The van der Waals surface area contributed by atoms with Crippen LogP contribution in [0, 0.1) is 0 Å². The van der Waals surface area contributed by atoms with Gasteiger partial charge in [0.25, 0.3) is 0 Å². The smallest absolute Gasteiger partial charge is 0.0822 e. The zero-order valence-electron chi connectivity index (χ0n) is 24.0. The lowest BCUT2D eigenvalue weighted by molar-refractivity contribution is 0.185. The van der Waals surface area contributed by atoms with E-state index in [1.807, 2.05) is 0 Å². The van der Waals surface area contributed by atoms with Crippen molar-refractivity contribution in [1.82, 2.24) is 0 Å². The maximum Gasteiger partial charge on any atom is 0.0822 e. The van der Waals surface area contributed by atoms with Crippen LogP contribution in [0.25, 0.3) is 0 Å². The van der Waals surface area contributed by atoms with Gasteiger partial charge in [0, 0.05) is 0 Å². The molecule has 0 rings (SSSR count). The Hall–Kier alpha value is -0.0800. The zero-order chi connectivity index (χ0) is 25.2. The van der Waals surface area contributed by atoms with Gasteiger partial charge in [0.15, 0.2) is 0 Å². The van der Waals surface area contributed by atoms with E-state index in [-0.39, 0.29) is 13.2 Å². The summed E-state index contributed by atoms with van der Waals surface area (Å²) in [5.41, 5.74) is 0. The van der Waals surface area contributed by atoms with Crippen LogP contribution in [0.4, 0.5) is 0 Å². The van der Waals surface area contributed by atoms with E-state index >= 15 is 0 Å². The molecule has 0 unspecified atom stereocenters. The van der Waals surface area contributed by atoms with Gasteiger partial charge in [-0.05, 0) is 12.8 Å². The molecular formula is C32H66O2. The molecule has 206 valence electrons. The topological polar surface area (TPSA) is 39.8 Å². The van der Waals surface area contributed by atoms with Crippen LogP contribution in [-0.4, -0.2) is 13.2 Å². The molecule has 0 aromatic carbocycles. The van der Waals surface area contributed by atoms with Crippen LogP contribution >= 0.6 is 0 Å². The van der Waals surface area contributed by atoms with Gasteiger partial charge in [0.2, 0.25) is 0 Å². The molecule has 0 atom stereocenters. The van der Waals surface area contributed by atoms with Crippen molar-refractivity contribution in [2.75, 3.05) is 13.2 Å². The van der Waals surface area contributed by atoms with Gasteiger partial charge in [0.1, 0.15) is 0 Å². The van der Waals surface area contributed by atoms with Crippen molar-refractivity contribution in [3.63, 3.8) is 0 Å². The summed E-state index contributed by atoms with van der Waals surface area (Å²) in [6.45, 7) is 4.80. The summed E-state index contributed by atoms with van der Waals surface area (Å²) in [5.74, 6) is 0. The number of unbranched alkanes of at least 4 members (excludes halogenated alkanes) is 26. The summed E-state index contributed by atoms with van der Waals surface area (Å²) in [4.78, 5) is 0. The molecule has 0 aromatic heterocycles. The molecule has 0 saturated carbocycles. The monoisotopic (exact) mass is 483 g/mol. The van der Waals surface area contributed by atoms with Crippen LogP contribution in [0.1, 0.15) is 194 Å². The first-order valence-corrected chi connectivity index (χ1v) is 16.0. The molecule has 2 heteroatoms. The van der Waals surface area contributed by atoms with E-state index in [4.69, 9.17) is 0 Å². The van der Waals surface area contributed by atoms with Crippen LogP contribution in [0.15, 0.2) is 0 Å². The fourth-order valence-corrected chi connectivity index (χ4v) is 4.59. The molecule has 0 aliphatic carbocycles. The Bertz CT molecular complexity index is 247. The predicted molar refractivity (Wildman–Crippen MR) is 152 cm³/mol. The third kappa shape index (κ3) is 39.1. The van der Waals surface area contributed by atoms with Gasteiger partial charge in [-0.3, -0.25) is 0 Å². The molecule has 0 heterocycles. The zero-order valence-corrected chi connectivity index (χ0v) is 24.0. The molecule has 0 aliphatic rings. The fraction of sp³-hybridized carbons (Fsp3) is 1.00. The summed E-state index contributed by atoms with van der Waals surface area (Å²) < 4.78 is 0. The van der Waals surface area contributed by atoms with Crippen molar-refractivity contribution in [2.45, 2.75) is 194 Å². The van der Waals surface area contributed by atoms with Gasteiger partial charge < -0.3 is 0 Å². The third-order valence-corrected chi connectivity index (χ3v) is 7.00. The van der Waals surface area contributed by atoms with Crippen LogP contribution < -0.4 is 0 Å². The Kier molecular flexibility index (Phi) is 39.8. The van der Waals surface area contributed by atoms with E-state index in [0.29, 0.717) is 0 Å². The van der Waals surface area contributed by atoms with Crippen molar-refractivity contribution in [3.05, 3.63) is 0 Å². The summed E-state index contributed by atoms with van der Waals surface area (Å²) in [5, 5.41) is 20.5. The number of rotatable bonds is 28. The molecular weight excluding hydrogens is 416 g/mol. The summed E-state index contributed by atoms with van der Waals surface area (Å²) in [6.07, 6.45) is 37.7. The van der Waals surface area contributed by atoms with Gasteiger partial charge in [-0.2, -0.15) is 0 Å². The largest absolute Gasteiger partial charge is 0.237 e. The Labute approximate surface area is 217 Å². The van der Waals surface area contributed by atoms with Crippen molar-refractivity contribution >= 4 is 0 Å². The van der Waals surface area contributed by atoms with Gasteiger partial charge in [-0.25, -0.2) is 10.2 Å². The average molecular weight is 483 g/mol. The van der Waals surface area contributed by atoms with E-state index in [1.54, 1.807) is 0 Å². The number of hydrogen-bond donors (Lipinski definition) is 0. The molecule has 0 bridgehead atoms. The molecule has 0 fully saturated rings. The number of hydrogen-bond acceptors (Lipinski definition) is 0. The fourth-order valence-electron chi connectivity index (χ4n) is 4.59. The Morgan fingerprint density at radius 3 is 0.529 bits per heavy atom. The highest BCUT2D eigenvalue weighted by atomic mass is 16.3. The first kappa shape index (κ1) is 36.1. The van der Waals surface area contributed by atoms with E-state index in [9.17, 15) is 10.2 Å². The molecule has 0 amide bonds. The molecule has 34 heavy (non-hydrogen) atoms. The Morgan fingerprint density at radius 2 is 0.382 bits per heavy atom. The Morgan fingerprint density at radius 1 is 0.235 bits per heavy atom. The summed E-state index contributed by atoms with van der Waals surface area (Å²) in [7, 11) is 0. The predicted octanol–water partition coefficient (Wildman–Crippen LogP) is 11.8. The lowest BCUT2D eigenvalue weighted by atomic mass is 10.0. The van der Waals surface area contributed by atoms with Gasteiger partial charge in [-0.15, -0.1) is 0 Å². The third-order valence-electron chi connectivity index (χ3n) is 7.00. The second-order valence-electron chi connectivity index (χ2n) is 10.6. The van der Waals surface area contributed by atoms with Crippen molar-refractivity contribution in [3.8, 4) is 0 Å².